The van der Waals surface area contributed by atoms with Crippen molar-refractivity contribution in [3.63, 3.8) is 0 Å². The van der Waals surface area contributed by atoms with E-state index in [0.717, 1.165) is 61.8 Å². The van der Waals surface area contributed by atoms with Crippen LogP contribution in [0.4, 0.5) is 23.0 Å². The summed E-state index contributed by atoms with van der Waals surface area (Å²) in [7, 11) is 0. The average Bonchev–Trinajstić information content (AvgIpc) is 3.66. The molecule has 5 heterocycles. The standard InChI is InChI=1S/C39H41IN10O4/c1-2-17-49-37(53)30-22-41-38(46-35(30)50(49)32-13-5-26-15-16-39(54,24-40)34(26)44-32)43-28-6-3-25(4-7-28)23-47-18-20-48(21-19-47)29-10-8-27(9-11-29)42-31-12-14-33(51)45-36(31)52/h2-11,13,22,31,42,54H,1,12,14-21,23-24H2,(H,41,43,46)(H,45,51,52)/t31?,39-/m0/s1. The summed E-state index contributed by atoms with van der Waals surface area (Å²) in [6.07, 6.45) is 5.41. The molecule has 8 rings (SSSR count). The number of aliphatic hydroxyl groups is 1. The second-order valence-electron chi connectivity index (χ2n) is 14.0. The molecular weight excluding hydrogens is 799 g/mol. The van der Waals surface area contributed by atoms with Gasteiger partial charge in [-0.1, -0.05) is 46.9 Å². The number of benzene rings is 2. The molecule has 0 spiro atoms. The summed E-state index contributed by atoms with van der Waals surface area (Å²) in [5.41, 5.74) is 4.84. The number of anilines is 4. The van der Waals surface area contributed by atoms with Gasteiger partial charge in [-0.05, 0) is 72.9 Å². The van der Waals surface area contributed by atoms with E-state index in [1.54, 1.807) is 17.0 Å². The van der Waals surface area contributed by atoms with Crippen LogP contribution < -0.4 is 26.4 Å². The number of carbonyl (C=O) groups is 2. The zero-order chi connectivity index (χ0) is 37.4. The molecule has 2 atom stereocenters. The normalized spacial score (nSPS) is 20.2. The van der Waals surface area contributed by atoms with Crippen LogP contribution in [0.1, 0.15) is 36.1 Å². The third-order valence-electron chi connectivity index (χ3n) is 10.4. The van der Waals surface area contributed by atoms with Gasteiger partial charge in [0.1, 0.15) is 17.0 Å². The van der Waals surface area contributed by atoms with Crippen molar-refractivity contribution < 1.29 is 14.7 Å². The fourth-order valence-corrected chi connectivity index (χ4v) is 8.19. The highest BCUT2D eigenvalue weighted by Crippen LogP contribution is 2.37. The van der Waals surface area contributed by atoms with E-state index >= 15 is 0 Å². The van der Waals surface area contributed by atoms with Crippen LogP contribution in [0, 0.1) is 0 Å². The molecule has 4 N–H and O–H groups in total. The molecule has 278 valence electrons. The third kappa shape index (κ3) is 7.10. The van der Waals surface area contributed by atoms with Gasteiger partial charge in [0, 0.05) is 66.8 Å². The Hall–Kier alpha value is -5.13. The minimum absolute atomic E-state index is 0.218. The van der Waals surface area contributed by atoms with Gasteiger partial charge in [-0.15, -0.1) is 6.58 Å². The summed E-state index contributed by atoms with van der Waals surface area (Å²) in [4.78, 5) is 55.9. The summed E-state index contributed by atoms with van der Waals surface area (Å²) in [6, 6.07) is 19.8. The van der Waals surface area contributed by atoms with E-state index in [2.05, 4.69) is 84.2 Å². The first-order chi connectivity index (χ1) is 26.2. The van der Waals surface area contributed by atoms with Crippen molar-refractivity contribution in [3.05, 3.63) is 107 Å². The number of carbonyl (C=O) groups excluding carboxylic acids is 2. The Labute approximate surface area is 325 Å². The number of hydrogen-bond donors (Lipinski definition) is 4. The number of aryl methyl sites for hydroxylation is 1. The van der Waals surface area contributed by atoms with Gasteiger partial charge in [0.25, 0.3) is 5.56 Å². The minimum Gasteiger partial charge on any atom is -0.383 e. The molecule has 2 aliphatic heterocycles. The maximum Gasteiger partial charge on any atom is 0.278 e. The maximum absolute atomic E-state index is 13.5. The molecule has 2 amide bonds. The summed E-state index contributed by atoms with van der Waals surface area (Å²) in [5.74, 6) is 0.356. The molecular formula is C39H41IN10O4. The molecule has 15 heteroatoms. The number of fused-ring (bicyclic) bond motifs is 2. The second-order valence-corrected chi connectivity index (χ2v) is 14.8. The molecule has 1 aliphatic carbocycles. The monoisotopic (exact) mass is 840 g/mol. The van der Waals surface area contributed by atoms with Crippen molar-refractivity contribution in [1.82, 2.24) is 34.5 Å². The molecule has 0 saturated carbocycles. The molecule has 2 saturated heterocycles. The van der Waals surface area contributed by atoms with E-state index in [-0.39, 0.29) is 23.9 Å². The number of nitrogens with one attached hydrogen (secondary N) is 3. The van der Waals surface area contributed by atoms with E-state index in [4.69, 9.17) is 9.97 Å². The van der Waals surface area contributed by atoms with E-state index in [0.29, 0.717) is 52.2 Å². The number of amides is 2. The van der Waals surface area contributed by atoms with Crippen molar-refractivity contribution in [1.29, 1.82) is 0 Å². The molecule has 54 heavy (non-hydrogen) atoms. The van der Waals surface area contributed by atoms with Crippen LogP contribution in [0.5, 0.6) is 0 Å². The molecule has 0 radical (unpaired) electrons. The molecule has 2 aromatic carbocycles. The van der Waals surface area contributed by atoms with Gasteiger partial charge < -0.3 is 20.6 Å². The van der Waals surface area contributed by atoms with Gasteiger partial charge in [0.05, 0.1) is 12.2 Å². The van der Waals surface area contributed by atoms with Crippen molar-refractivity contribution in [2.24, 2.45) is 0 Å². The maximum atomic E-state index is 13.5. The Morgan fingerprint density at radius 1 is 0.963 bits per heavy atom. The number of nitrogens with zero attached hydrogens (tertiary/aromatic N) is 7. The second kappa shape index (κ2) is 14.9. The van der Waals surface area contributed by atoms with Crippen LogP contribution in [-0.4, -0.2) is 82.8 Å². The Balaban J connectivity index is 0.908. The van der Waals surface area contributed by atoms with Gasteiger partial charge in [-0.2, -0.15) is 4.98 Å². The Kier molecular flexibility index (Phi) is 9.93. The SMILES string of the molecule is C=CCn1c(=O)c2cnc(Nc3ccc(CN4CCN(c5ccc(NC6CCC(=O)NC6=O)cc5)CC4)cc3)nc2n1-c1ccc2c(n1)[C@@](O)(CI)CC2. The number of pyridine rings is 1. The highest BCUT2D eigenvalue weighted by Gasteiger charge is 2.38. The zero-order valence-corrected chi connectivity index (χ0v) is 31.8. The van der Waals surface area contributed by atoms with E-state index < -0.39 is 11.6 Å². The number of piperidine rings is 1. The molecule has 14 nitrogen and oxygen atoms in total. The minimum atomic E-state index is -1.00. The smallest absolute Gasteiger partial charge is 0.278 e. The number of imide groups is 1. The number of allylic oxidation sites excluding steroid dienone is 1. The van der Waals surface area contributed by atoms with Crippen molar-refractivity contribution in [2.75, 3.05) is 46.1 Å². The largest absolute Gasteiger partial charge is 0.383 e. The molecule has 3 aliphatic rings. The molecule has 3 aromatic heterocycles. The summed E-state index contributed by atoms with van der Waals surface area (Å²) >= 11 is 2.19. The molecule has 2 fully saturated rings. The zero-order valence-electron chi connectivity index (χ0n) is 29.7. The number of alkyl halides is 1. The van der Waals surface area contributed by atoms with Gasteiger partial charge in [0.15, 0.2) is 11.5 Å². The van der Waals surface area contributed by atoms with E-state index in [1.807, 2.05) is 36.4 Å². The Bertz CT molecular complexity index is 2280. The molecule has 5 aromatic rings. The van der Waals surface area contributed by atoms with Gasteiger partial charge in [-0.25, -0.2) is 19.3 Å². The first-order valence-corrected chi connectivity index (χ1v) is 19.7. The predicted octanol–water partition coefficient (Wildman–Crippen LogP) is 4.01. The number of piperazine rings is 1. The Morgan fingerprint density at radius 2 is 1.72 bits per heavy atom. The quantitative estimate of drug-likeness (QED) is 0.0659. The van der Waals surface area contributed by atoms with E-state index in [1.165, 1.54) is 10.2 Å². The lowest BCUT2D eigenvalue weighted by Crippen LogP contribution is -2.47. The summed E-state index contributed by atoms with van der Waals surface area (Å²) in [6.45, 7) is 8.58. The Morgan fingerprint density at radius 3 is 2.44 bits per heavy atom. The van der Waals surface area contributed by atoms with Crippen LogP contribution >= 0.6 is 22.6 Å². The highest BCUT2D eigenvalue weighted by atomic mass is 127. The topological polar surface area (TPSA) is 163 Å². The van der Waals surface area contributed by atoms with E-state index in [9.17, 15) is 19.5 Å². The van der Waals surface area contributed by atoms with Gasteiger partial charge in [-0.3, -0.25) is 24.6 Å². The average molecular weight is 841 g/mol. The van der Waals surface area contributed by atoms with Crippen molar-refractivity contribution >= 4 is 68.4 Å². The predicted molar refractivity (Wildman–Crippen MR) is 216 cm³/mol. The molecule has 1 unspecified atom stereocenters. The van der Waals surface area contributed by atoms with Crippen LogP contribution in [0.15, 0.2) is 84.3 Å². The van der Waals surface area contributed by atoms with Gasteiger partial charge >= 0.3 is 0 Å². The number of rotatable bonds is 11. The van der Waals surface area contributed by atoms with Crippen molar-refractivity contribution in [2.45, 2.75) is 50.4 Å². The third-order valence-corrected chi connectivity index (χ3v) is 11.7. The fourth-order valence-electron chi connectivity index (χ4n) is 7.44. The number of hydrogen-bond acceptors (Lipinski definition) is 11. The lowest BCUT2D eigenvalue weighted by molar-refractivity contribution is -0.133. The van der Waals surface area contributed by atoms with Crippen LogP contribution in [0.25, 0.3) is 16.9 Å². The highest BCUT2D eigenvalue weighted by molar-refractivity contribution is 14.1. The van der Waals surface area contributed by atoms with Crippen LogP contribution in [-0.2, 0) is 34.7 Å². The lowest BCUT2D eigenvalue weighted by Gasteiger charge is -2.36. The summed E-state index contributed by atoms with van der Waals surface area (Å²) < 4.78 is 3.76. The molecule has 0 bridgehead atoms. The first-order valence-electron chi connectivity index (χ1n) is 18.1. The van der Waals surface area contributed by atoms with Crippen LogP contribution in [0.3, 0.4) is 0 Å². The lowest BCUT2D eigenvalue weighted by atomic mass is 10.0. The van der Waals surface area contributed by atoms with Gasteiger partial charge in [0.2, 0.25) is 17.8 Å². The summed E-state index contributed by atoms with van der Waals surface area (Å²) in [5, 5.41) is 20.5. The number of halogens is 1. The number of aromatic nitrogens is 5. The fraction of sp³-hybridized carbons (Fsp3) is 0.333. The first kappa shape index (κ1) is 35.9. The van der Waals surface area contributed by atoms with Crippen molar-refractivity contribution in [3.8, 4) is 5.82 Å². The van der Waals surface area contributed by atoms with Crippen LogP contribution in [0.2, 0.25) is 0 Å².